The number of rotatable bonds is 1. The van der Waals surface area contributed by atoms with Crippen molar-refractivity contribution in [3.63, 3.8) is 0 Å². The number of aromatic nitrogens is 1. The average Bonchev–Trinajstić information content (AvgIpc) is 2.27. The van der Waals surface area contributed by atoms with E-state index in [0.717, 1.165) is 5.39 Å². The van der Waals surface area contributed by atoms with E-state index in [9.17, 15) is 4.79 Å². The van der Waals surface area contributed by atoms with Gasteiger partial charge in [-0.1, -0.05) is 23.7 Å². The van der Waals surface area contributed by atoms with Gasteiger partial charge in [-0.3, -0.25) is 0 Å². The number of nitrogens with zero attached hydrogens (tertiary/aromatic N) is 1. The van der Waals surface area contributed by atoms with E-state index in [1.54, 1.807) is 18.2 Å². The zero-order chi connectivity index (χ0) is 10.8. The van der Waals surface area contributed by atoms with Crippen molar-refractivity contribution in [1.82, 2.24) is 4.98 Å². The predicted molar refractivity (Wildman–Crippen MR) is 58.1 cm³/mol. The summed E-state index contributed by atoms with van der Waals surface area (Å²) in [5.74, 6) is -0.407. The fourth-order valence-electron chi connectivity index (χ4n) is 1.40. The van der Waals surface area contributed by atoms with E-state index in [0.29, 0.717) is 16.2 Å². The minimum absolute atomic E-state index is 0.360. The van der Waals surface area contributed by atoms with Crippen molar-refractivity contribution in [2.45, 2.75) is 0 Å². The molecule has 0 spiro atoms. The fourth-order valence-corrected chi connectivity index (χ4v) is 1.55. The molecule has 0 fully saturated rings. The lowest BCUT2D eigenvalue weighted by atomic mass is 10.1. The molecule has 0 bridgehead atoms. The van der Waals surface area contributed by atoms with Crippen LogP contribution >= 0.6 is 11.6 Å². The van der Waals surface area contributed by atoms with E-state index in [2.05, 4.69) is 9.72 Å². The maximum Gasteiger partial charge on any atom is 0.340 e. The van der Waals surface area contributed by atoms with Gasteiger partial charge in [0.2, 0.25) is 0 Å². The van der Waals surface area contributed by atoms with Crippen LogP contribution in [0.2, 0.25) is 5.15 Å². The standard InChI is InChI=1S/C11H8ClNO2/c1-15-11(14)8-4-2-3-7-5-6-9(12)13-10(7)8/h2-6H,1H3. The van der Waals surface area contributed by atoms with Gasteiger partial charge in [0.05, 0.1) is 18.2 Å². The molecule has 0 aliphatic rings. The Balaban J connectivity index is 2.74. The molecule has 0 aliphatic heterocycles. The molecule has 0 radical (unpaired) electrons. The molecule has 1 aromatic carbocycles. The SMILES string of the molecule is COC(=O)c1cccc2ccc(Cl)nc12. The number of hydrogen-bond acceptors (Lipinski definition) is 3. The molecule has 0 N–H and O–H groups in total. The Morgan fingerprint density at radius 2 is 2.13 bits per heavy atom. The van der Waals surface area contributed by atoms with Crippen molar-refractivity contribution in [1.29, 1.82) is 0 Å². The maximum atomic E-state index is 11.4. The van der Waals surface area contributed by atoms with Crippen LogP contribution in [0.5, 0.6) is 0 Å². The molecule has 1 heterocycles. The lowest BCUT2D eigenvalue weighted by molar-refractivity contribution is 0.0603. The van der Waals surface area contributed by atoms with Gasteiger partial charge in [0.1, 0.15) is 5.15 Å². The summed E-state index contributed by atoms with van der Waals surface area (Å²) in [5, 5.41) is 1.22. The summed E-state index contributed by atoms with van der Waals surface area (Å²) in [6.45, 7) is 0. The Kier molecular flexibility index (Phi) is 2.56. The van der Waals surface area contributed by atoms with Crippen LogP contribution in [0.25, 0.3) is 10.9 Å². The first-order valence-corrected chi connectivity index (χ1v) is 4.74. The highest BCUT2D eigenvalue weighted by atomic mass is 35.5. The van der Waals surface area contributed by atoms with Crippen molar-refractivity contribution in [2.24, 2.45) is 0 Å². The number of halogens is 1. The molecule has 15 heavy (non-hydrogen) atoms. The second-order valence-electron chi connectivity index (χ2n) is 3.00. The summed E-state index contributed by atoms with van der Waals surface area (Å²) in [4.78, 5) is 15.5. The van der Waals surface area contributed by atoms with Crippen LogP contribution in [0.1, 0.15) is 10.4 Å². The zero-order valence-electron chi connectivity index (χ0n) is 8.03. The Morgan fingerprint density at radius 3 is 2.87 bits per heavy atom. The molecule has 0 aliphatic carbocycles. The number of benzene rings is 1. The first kappa shape index (κ1) is 9.93. The van der Waals surface area contributed by atoms with Gasteiger partial charge >= 0.3 is 5.97 Å². The van der Waals surface area contributed by atoms with Gasteiger partial charge in [-0.05, 0) is 18.2 Å². The highest BCUT2D eigenvalue weighted by Gasteiger charge is 2.10. The number of esters is 1. The van der Waals surface area contributed by atoms with Crippen LogP contribution in [0, 0.1) is 0 Å². The van der Waals surface area contributed by atoms with Crippen molar-refractivity contribution < 1.29 is 9.53 Å². The molecule has 0 amide bonds. The Bertz CT molecular complexity index is 525. The molecule has 0 atom stereocenters. The lowest BCUT2D eigenvalue weighted by Crippen LogP contribution is -2.02. The van der Waals surface area contributed by atoms with E-state index in [4.69, 9.17) is 11.6 Å². The zero-order valence-corrected chi connectivity index (χ0v) is 8.78. The normalized spacial score (nSPS) is 10.3. The summed E-state index contributed by atoms with van der Waals surface area (Å²) in [6.07, 6.45) is 0. The quantitative estimate of drug-likeness (QED) is 0.549. The van der Waals surface area contributed by atoms with Crippen LogP contribution in [0.15, 0.2) is 30.3 Å². The summed E-state index contributed by atoms with van der Waals surface area (Å²) in [6, 6.07) is 8.81. The van der Waals surface area contributed by atoms with E-state index >= 15 is 0 Å². The Labute approximate surface area is 91.6 Å². The number of para-hydroxylation sites is 1. The molecular weight excluding hydrogens is 214 g/mol. The van der Waals surface area contributed by atoms with Gasteiger partial charge in [-0.25, -0.2) is 9.78 Å². The average molecular weight is 222 g/mol. The van der Waals surface area contributed by atoms with Crippen molar-refractivity contribution in [3.05, 3.63) is 41.0 Å². The third kappa shape index (κ3) is 1.78. The number of ether oxygens (including phenoxy) is 1. The van der Waals surface area contributed by atoms with Crippen LogP contribution in [-0.4, -0.2) is 18.1 Å². The number of pyridine rings is 1. The van der Waals surface area contributed by atoms with Crippen molar-refractivity contribution in [2.75, 3.05) is 7.11 Å². The van der Waals surface area contributed by atoms with Crippen LogP contribution in [0.4, 0.5) is 0 Å². The first-order chi connectivity index (χ1) is 7.22. The molecule has 3 nitrogen and oxygen atoms in total. The second kappa shape index (κ2) is 3.87. The highest BCUT2D eigenvalue weighted by Crippen LogP contribution is 2.19. The van der Waals surface area contributed by atoms with Crippen LogP contribution in [-0.2, 0) is 4.74 Å². The summed E-state index contributed by atoms with van der Waals surface area (Å²) in [7, 11) is 1.34. The maximum absolute atomic E-state index is 11.4. The van der Waals surface area contributed by atoms with Gasteiger partial charge in [0.25, 0.3) is 0 Å². The van der Waals surface area contributed by atoms with E-state index in [-0.39, 0.29) is 0 Å². The Morgan fingerprint density at radius 1 is 1.33 bits per heavy atom. The molecule has 0 saturated heterocycles. The number of methoxy groups -OCH3 is 1. The molecular formula is C11H8ClNO2. The second-order valence-corrected chi connectivity index (χ2v) is 3.39. The minimum atomic E-state index is -0.407. The molecule has 2 rings (SSSR count). The van der Waals surface area contributed by atoms with Crippen LogP contribution < -0.4 is 0 Å². The topological polar surface area (TPSA) is 39.2 Å². The fraction of sp³-hybridized carbons (Fsp3) is 0.0909. The molecule has 2 aromatic rings. The molecule has 0 unspecified atom stereocenters. The Hall–Kier alpha value is -1.61. The largest absolute Gasteiger partial charge is 0.465 e. The molecule has 76 valence electrons. The van der Waals surface area contributed by atoms with E-state index in [1.807, 2.05) is 12.1 Å². The van der Waals surface area contributed by atoms with Crippen molar-refractivity contribution in [3.8, 4) is 0 Å². The van der Waals surface area contributed by atoms with E-state index in [1.165, 1.54) is 7.11 Å². The third-order valence-electron chi connectivity index (χ3n) is 2.09. The molecule has 1 aromatic heterocycles. The summed E-state index contributed by atoms with van der Waals surface area (Å²) in [5.41, 5.74) is 0.995. The van der Waals surface area contributed by atoms with Gasteiger partial charge in [0.15, 0.2) is 0 Å². The lowest BCUT2D eigenvalue weighted by Gasteiger charge is -2.03. The third-order valence-corrected chi connectivity index (χ3v) is 2.30. The highest BCUT2D eigenvalue weighted by molar-refractivity contribution is 6.29. The minimum Gasteiger partial charge on any atom is -0.465 e. The summed E-state index contributed by atoms with van der Waals surface area (Å²) >= 11 is 5.78. The monoisotopic (exact) mass is 221 g/mol. The van der Waals surface area contributed by atoms with Gasteiger partial charge in [0, 0.05) is 5.39 Å². The van der Waals surface area contributed by atoms with Gasteiger partial charge < -0.3 is 4.74 Å². The smallest absolute Gasteiger partial charge is 0.340 e. The number of hydrogen-bond donors (Lipinski definition) is 0. The first-order valence-electron chi connectivity index (χ1n) is 4.36. The van der Waals surface area contributed by atoms with Crippen LogP contribution in [0.3, 0.4) is 0 Å². The van der Waals surface area contributed by atoms with Gasteiger partial charge in [-0.2, -0.15) is 0 Å². The van der Waals surface area contributed by atoms with Gasteiger partial charge in [-0.15, -0.1) is 0 Å². The molecule has 4 heteroatoms. The number of carbonyl (C=O) groups excluding carboxylic acids is 1. The number of carbonyl (C=O) groups is 1. The van der Waals surface area contributed by atoms with E-state index < -0.39 is 5.97 Å². The molecule has 0 saturated carbocycles. The number of fused-ring (bicyclic) bond motifs is 1. The van der Waals surface area contributed by atoms with Crippen molar-refractivity contribution >= 4 is 28.5 Å². The summed E-state index contributed by atoms with van der Waals surface area (Å²) < 4.78 is 4.66. The predicted octanol–water partition coefficient (Wildman–Crippen LogP) is 2.67.